The molecule has 1 amide bonds. The number of likely N-dealkylation sites (tertiary alicyclic amines) is 1. The van der Waals surface area contributed by atoms with Gasteiger partial charge in [0, 0.05) is 50.4 Å². The molecule has 5 heteroatoms. The molecule has 136 valence electrons. The largest absolute Gasteiger partial charge is 0.372 e. The summed E-state index contributed by atoms with van der Waals surface area (Å²) < 4.78 is 1.98. The van der Waals surface area contributed by atoms with Crippen LogP contribution in [0.4, 0.5) is 5.69 Å². The zero-order chi connectivity index (χ0) is 17.5. The van der Waals surface area contributed by atoms with Crippen molar-refractivity contribution in [1.82, 2.24) is 14.7 Å². The predicted molar refractivity (Wildman–Crippen MR) is 102 cm³/mol. The van der Waals surface area contributed by atoms with Gasteiger partial charge in [-0.2, -0.15) is 5.10 Å². The van der Waals surface area contributed by atoms with E-state index in [0.29, 0.717) is 17.7 Å². The standard InChI is InChI=1S/C21H26N4O/c26-21-3-1-2-10-24(21)15-20-16-8-11-23(12-9-16)18-4-6-19(7-5-18)25-14-17(20)13-22-25/h4-7,13-14,16,20H,1-3,8-12,15H2. The number of hydrogen-bond donors (Lipinski definition) is 0. The van der Waals surface area contributed by atoms with Gasteiger partial charge in [0.2, 0.25) is 5.91 Å². The molecule has 5 nitrogen and oxygen atoms in total. The van der Waals surface area contributed by atoms with Gasteiger partial charge < -0.3 is 9.80 Å². The average molecular weight is 350 g/mol. The van der Waals surface area contributed by atoms with Gasteiger partial charge in [-0.3, -0.25) is 4.79 Å². The molecule has 2 saturated heterocycles. The minimum absolute atomic E-state index is 0.335. The number of piperidine rings is 2. The summed E-state index contributed by atoms with van der Waals surface area (Å²) in [7, 11) is 0. The molecular formula is C21H26N4O. The number of amides is 1. The van der Waals surface area contributed by atoms with Crippen molar-refractivity contribution in [3.05, 3.63) is 42.2 Å². The highest BCUT2D eigenvalue weighted by atomic mass is 16.2. The third-order valence-corrected chi connectivity index (χ3v) is 6.46. The van der Waals surface area contributed by atoms with Crippen molar-refractivity contribution in [3.63, 3.8) is 0 Å². The van der Waals surface area contributed by atoms with Crippen molar-refractivity contribution < 1.29 is 4.79 Å². The molecule has 26 heavy (non-hydrogen) atoms. The van der Waals surface area contributed by atoms with Gasteiger partial charge in [0.05, 0.1) is 11.9 Å². The molecule has 6 aliphatic rings. The molecule has 1 atom stereocenters. The Morgan fingerprint density at radius 3 is 2.54 bits per heavy atom. The quantitative estimate of drug-likeness (QED) is 0.835. The lowest BCUT2D eigenvalue weighted by atomic mass is 9.80. The van der Waals surface area contributed by atoms with Crippen molar-refractivity contribution >= 4 is 11.6 Å². The molecule has 0 saturated carbocycles. The number of benzene rings is 1. The van der Waals surface area contributed by atoms with E-state index in [0.717, 1.165) is 51.1 Å². The average Bonchev–Trinajstić information content (AvgIpc) is 3.17. The van der Waals surface area contributed by atoms with Crippen molar-refractivity contribution in [2.45, 2.75) is 38.0 Å². The van der Waals surface area contributed by atoms with Crippen LogP contribution in [0, 0.1) is 5.92 Å². The number of hydrogen-bond acceptors (Lipinski definition) is 3. The SMILES string of the molecule is O=C1CCCCN1CC1c2cnn(c2)-c2ccc(cc2)N2CCC1CC2. The Kier molecular flexibility index (Phi) is 3.95. The maximum Gasteiger partial charge on any atom is 0.222 e. The second-order valence-electron chi connectivity index (χ2n) is 7.96. The van der Waals surface area contributed by atoms with Gasteiger partial charge in [-0.15, -0.1) is 0 Å². The number of carbonyl (C=O) groups excluding carboxylic acids is 1. The molecule has 0 aliphatic carbocycles. The maximum atomic E-state index is 12.4. The van der Waals surface area contributed by atoms with Crippen molar-refractivity contribution in [2.24, 2.45) is 5.92 Å². The molecule has 1 aromatic heterocycles. The second-order valence-corrected chi connectivity index (χ2v) is 7.96. The Labute approximate surface area is 154 Å². The minimum atomic E-state index is 0.335. The van der Waals surface area contributed by atoms with E-state index in [1.807, 2.05) is 10.9 Å². The van der Waals surface area contributed by atoms with E-state index in [1.54, 1.807) is 0 Å². The summed E-state index contributed by atoms with van der Waals surface area (Å²) in [5.41, 5.74) is 3.69. The highest BCUT2D eigenvalue weighted by molar-refractivity contribution is 5.76. The zero-order valence-electron chi connectivity index (χ0n) is 15.2. The third-order valence-electron chi connectivity index (χ3n) is 6.46. The van der Waals surface area contributed by atoms with E-state index < -0.39 is 0 Å². The van der Waals surface area contributed by atoms with E-state index in [2.05, 4.69) is 45.4 Å². The van der Waals surface area contributed by atoms with E-state index in [1.165, 1.54) is 24.1 Å². The number of anilines is 1. The lowest BCUT2D eigenvalue weighted by Gasteiger charge is -2.39. The van der Waals surface area contributed by atoms with Crippen LogP contribution in [0.2, 0.25) is 0 Å². The fraction of sp³-hybridized carbons (Fsp3) is 0.524. The minimum Gasteiger partial charge on any atom is -0.372 e. The first-order chi connectivity index (χ1) is 12.8. The number of carbonyl (C=O) groups is 1. The van der Waals surface area contributed by atoms with Gasteiger partial charge in [0.25, 0.3) is 0 Å². The van der Waals surface area contributed by atoms with E-state index in [-0.39, 0.29) is 0 Å². The molecule has 0 spiro atoms. The summed E-state index contributed by atoms with van der Waals surface area (Å²) in [6.45, 7) is 3.97. The first kappa shape index (κ1) is 15.9. The van der Waals surface area contributed by atoms with E-state index in [9.17, 15) is 4.79 Å². The Morgan fingerprint density at radius 2 is 1.77 bits per heavy atom. The Morgan fingerprint density at radius 1 is 1.00 bits per heavy atom. The highest BCUT2D eigenvalue weighted by Gasteiger charge is 2.32. The van der Waals surface area contributed by atoms with Crippen molar-refractivity contribution in [2.75, 3.05) is 31.1 Å². The van der Waals surface area contributed by atoms with Gasteiger partial charge in [0.15, 0.2) is 0 Å². The van der Waals surface area contributed by atoms with Crippen molar-refractivity contribution in [3.8, 4) is 5.69 Å². The van der Waals surface area contributed by atoms with Gasteiger partial charge in [-0.25, -0.2) is 4.68 Å². The molecule has 2 aromatic rings. The summed E-state index contributed by atoms with van der Waals surface area (Å²) in [6.07, 6.45) is 9.47. The predicted octanol–water partition coefficient (Wildman–Crippen LogP) is 3.20. The van der Waals surface area contributed by atoms with Crippen LogP contribution in [0.25, 0.3) is 5.69 Å². The Hall–Kier alpha value is -2.30. The lowest BCUT2D eigenvalue weighted by molar-refractivity contribution is -0.133. The summed E-state index contributed by atoms with van der Waals surface area (Å²) in [5.74, 6) is 1.35. The second kappa shape index (κ2) is 6.45. The maximum absolute atomic E-state index is 12.4. The van der Waals surface area contributed by atoms with Crippen LogP contribution in [0.15, 0.2) is 36.7 Å². The molecule has 1 unspecified atom stereocenters. The van der Waals surface area contributed by atoms with Crippen LogP contribution in [0.3, 0.4) is 0 Å². The van der Waals surface area contributed by atoms with Gasteiger partial charge in [0.1, 0.15) is 0 Å². The Balaban J connectivity index is 1.51. The number of nitrogens with zero attached hydrogens (tertiary/aromatic N) is 4. The summed E-state index contributed by atoms with van der Waals surface area (Å²) in [6, 6.07) is 8.73. The molecule has 0 N–H and O–H groups in total. The van der Waals surface area contributed by atoms with Gasteiger partial charge in [-0.1, -0.05) is 0 Å². The van der Waals surface area contributed by atoms with Crippen molar-refractivity contribution in [1.29, 1.82) is 0 Å². The smallest absolute Gasteiger partial charge is 0.222 e. The molecule has 6 bridgehead atoms. The molecular weight excluding hydrogens is 324 g/mol. The molecule has 6 aliphatic heterocycles. The van der Waals surface area contributed by atoms with Crippen LogP contribution in [-0.4, -0.2) is 46.8 Å². The third kappa shape index (κ3) is 2.79. The van der Waals surface area contributed by atoms with E-state index in [4.69, 9.17) is 0 Å². The van der Waals surface area contributed by atoms with Crippen LogP contribution >= 0.6 is 0 Å². The summed E-state index contributed by atoms with van der Waals surface area (Å²) in [5, 5.41) is 4.63. The molecule has 1 aromatic carbocycles. The topological polar surface area (TPSA) is 41.4 Å². The first-order valence-electron chi connectivity index (χ1n) is 9.96. The van der Waals surface area contributed by atoms with Crippen LogP contribution in [-0.2, 0) is 4.79 Å². The summed E-state index contributed by atoms with van der Waals surface area (Å²) >= 11 is 0. The Bertz CT molecular complexity index is 789. The molecule has 7 heterocycles. The number of aromatic nitrogens is 2. The van der Waals surface area contributed by atoms with Crippen LogP contribution in [0.1, 0.15) is 43.6 Å². The van der Waals surface area contributed by atoms with Gasteiger partial charge >= 0.3 is 0 Å². The monoisotopic (exact) mass is 350 g/mol. The fourth-order valence-electron chi connectivity index (χ4n) is 4.86. The first-order valence-corrected chi connectivity index (χ1v) is 9.96. The van der Waals surface area contributed by atoms with Crippen LogP contribution in [0.5, 0.6) is 0 Å². The van der Waals surface area contributed by atoms with E-state index >= 15 is 0 Å². The van der Waals surface area contributed by atoms with Crippen LogP contribution < -0.4 is 4.90 Å². The normalized spacial score (nSPS) is 25.3. The lowest BCUT2D eigenvalue weighted by Crippen LogP contribution is -2.42. The zero-order valence-corrected chi connectivity index (χ0v) is 15.2. The molecule has 0 radical (unpaired) electrons. The highest BCUT2D eigenvalue weighted by Crippen LogP contribution is 2.36. The summed E-state index contributed by atoms with van der Waals surface area (Å²) in [4.78, 5) is 17.0. The van der Waals surface area contributed by atoms with Gasteiger partial charge in [-0.05, 0) is 61.4 Å². The molecule has 2 fully saturated rings. The molecule has 8 rings (SSSR count). The fourth-order valence-corrected chi connectivity index (χ4v) is 4.86. The number of rotatable bonds is 2.